The first-order valence-electron chi connectivity index (χ1n) is 9.59. The summed E-state index contributed by atoms with van der Waals surface area (Å²) in [5.41, 5.74) is 3.00. The lowest BCUT2D eigenvalue weighted by Gasteiger charge is -2.23. The predicted octanol–water partition coefficient (Wildman–Crippen LogP) is 4.74. The number of nitrogens with one attached hydrogen (secondary N) is 1. The van der Waals surface area contributed by atoms with Crippen LogP contribution in [0.25, 0.3) is 15.3 Å². The molecule has 1 amide bonds. The molecule has 1 aliphatic heterocycles. The van der Waals surface area contributed by atoms with E-state index in [0.717, 1.165) is 32.2 Å². The van der Waals surface area contributed by atoms with Crippen molar-refractivity contribution in [2.45, 2.75) is 32.3 Å². The van der Waals surface area contributed by atoms with Crippen molar-refractivity contribution in [2.24, 2.45) is 0 Å². The second kappa shape index (κ2) is 7.00. The second-order valence-corrected chi connectivity index (χ2v) is 8.37. The molecule has 0 fully saturated rings. The Morgan fingerprint density at radius 1 is 1.17 bits per heavy atom. The van der Waals surface area contributed by atoms with Gasteiger partial charge in [0.1, 0.15) is 11.6 Å². The Bertz CT molecular complexity index is 1160. The zero-order chi connectivity index (χ0) is 20.0. The van der Waals surface area contributed by atoms with E-state index in [1.807, 2.05) is 68.6 Å². The number of para-hydroxylation sites is 1. The predicted molar refractivity (Wildman–Crippen MR) is 114 cm³/mol. The maximum absolute atomic E-state index is 12.5. The zero-order valence-corrected chi connectivity index (χ0v) is 16.9. The van der Waals surface area contributed by atoms with E-state index in [1.165, 1.54) is 0 Å². The second-order valence-electron chi connectivity index (χ2n) is 7.37. The molecule has 2 aromatic heterocycles. The van der Waals surface area contributed by atoms with Crippen LogP contribution in [-0.4, -0.2) is 26.8 Å². The van der Waals surface area contributed by atoms with Gasteiger partial charge in [0.15, 0.2) is 0 Å². The molecular formula is C22H20N4O2S. The molecule has 0 unspecified atom stereocenters. The number of carbonyl (C=O) groups excluding carboxylic acids is 1. The Labute approximate surface area is 172 Å². The van der Waals surface area contributed by atoms with Gasteiger partial charge in [0.05, 0.1) is 22.5 Å². The van der Waals surface area contributed by atoms with Crippen molar-refractivity contribution in [3.8, 4) is 10.9 Å². The first-order chi connectivity index (χ1) is 14.1. The van der Waals surface area contributed by atoms with Crippen LogP contribution in [0.1, 0.15) is 37.3 Å². The van der Waals surface area contributed by atoms with Gasteiger partial charge in [0, 0.05) is 17.9 Å². The van der Waals surface area contributed by atoms with Crippen LogP contribution in [-0.2, 0) is 4.79 Å². The van der Waals surface area contributed by atoms with E-state index in [1.54, 1.807) is 16.0 Å². The molecule has 6 nitrogen and oxygen atoms in total. The summed E-state index contributed by atoms with van der Waals surface area (Å²) in [4.78, 5) is 17.2. The fraction of sp³-hybridized carbons (Fsp3) is 0.227. The van der Waals surface area contributed by atoms with E-state index in [0.29, 0.717) is 12.2 Å². The van der Waals surface area contributed by atoms with Gasteiger partial charge in [0.2, 0.25) is 11.0 Å². The average molecular weight is 404 g/mol. The normalized spacial score (nSPS) is 16.1. The third-order valence-corrected chi connectivity index (χ3v) is 5.95. The molecule has 3 heterocycles. The van der Waals surface area contributed by atoms with Gasteiger partial charge < -0.3 is 10.1 Å². The van der Waals surface area contributed by atoms with Crippen LogP contribution in [0, 0.1) is 0 Å². The lowest BCUT2D eigenvalue weighted by atomic mass is 9.87. The summed E-state index contributed by atoms with van der Waals surface area (Å²) in [6.45, 7) is 4.00. The number of fused-ring (bicyclic) bond motifs is 2. The average Bonchev–Trinajstić information content (AvgIpc) is 3.31. The first kappa shape index (κ1) is 17.9. The molecule has 29 heavy (non-hydrogen) atoms. The van der Waals surface area contributed by atoms with Crippen LogP contribution in [0.3, 0.4) is 0 Å². The molecule has 0 radical (unpaired) electrons. The highest BCUT2D eigenvalue weighted by Crippen LogP contribution is 2.39. The lowest BCUT2D eigenvalue weighted by Crippen LogP contribution is -2.24. The van der Waals surface area contributed by atoms with Crippen molar-refractivity contribution in [1.82, 2.24) is 14.8 Å². The molecule has 7 heteroatoms. The summed E-state index contributed by atoms with van der Waals surface area (Å²) in [6.07, 6.45) is 2.35. The number of anilines is 1. The molecule has 0 saturated carbocycles. The van der Waals surface area contributed by atoms with E-state index >= 15 is 0 Å². The number of ether oxygens (including phenoxy) is 1. The van der Waals surface area contributed by atoms with Gasteiger partial charge in [-0.25, -0.2) is 4.98 Å². The molecule has 1 N–H and O–H groups in total. The smallest absolute Gasteiger partial charge is 0.226 e. The van der Waals surface area contributed by atoms with Gasteiger partial charge in [-0.2, -0.15) is 9.78 Å². The van der Waals surface area contributed by atoms with Crippen molar-refractivity contribution in [1.29, 1.82) is 0 Å². The maximum atomic E-state index is 12.5. The van der Waals surface area contributed by atoms with Crippen molar-refractivity contribution in [3.63, 3.8) is 0 Å². The van der Waals surface area contributed by atoms with E-state index in [2.05, 4.69) is 15.4 Å². The molecular weight excluding hydrogens is 384 g/mol. The van der Waals surface area contributed by atoms with Crippen LogP contribution in [0.2, 0.25) is 0 Å². The number of nitrogens with zero attached hydrogens (tertiary/aromatic N) is 3. The lowest BCUT2D eigenvalue weighted by molar-refractivity contribution is -0.116. The van der Waals surface area contributed by atoms with Crippen molar-refractivity contribution >= 4 is 33.3 Å². The first-order valence-corrected chi connectivity index (χ1v) is 10.4. The standard InChI is InChI=1S/C22H20N4O2S/c1-13(2)28-15-9-7-14(8-10-15)16-11-20(27)25-21-17(16)12-23-26(21)22-24-18-5-3-4-6-19(18)29-22/h3-10,12-13,16H,11H2,1-2H3,(H,25,27)/t16-/m0/s1. The minimum Gasteiger partial charge on any atom is -0.491 e. The minimum absolute atomic E-state index is 0.0205. The van der Waals surface area contributed by atoms with Crippen LogP contribution < -0.4 is 10.1 Å². The summed E-state index contributed by atoms with van der Waals surface area (Å²) < 4.78 is 8.56. The highest BCUT2D eigenvalue weighted by molar-refractivity contribution is 7.20. The van der Waals surface area contributed by atoms with Gasteiger partial charge in [-0.1, -0.05) is 35.6 Å². The van der Waals surface area contributed by atoms with Gasteiger partial charge in [0.25, 0.3) is 0 Å². The molecule has 0 saturated heterocycles. The summed E-state index contributed by atoms with van der Waals surface area (Å²) in [5, 5.41) is 8.29. The number of hydrogen-bond donors (Lipinski definition) is 1. The molecule has 0 aliphatic carbocycles. The molecule has 1 atom stereocenters. The van der Waals surface area contributed by atoms with E-state index in [4.69, 9.17) is 4.74 Å². The quantitative estimate of drug-likeness (QED) is 0.533. The molecule has 5 rings (SSSR count). The van der Waals surface area contributed by atoms with Gasteiger partial charge >= 0.3 is 0 Å². The number of amides is 1. The largest absolute Gasteiger partial charge is 0.491 e. The van der Waals surface area contributed by atoms with E-state index in [9.17, 15) is 4.79 Å². The zero-order valence-electron chi connectivity index (χ0n) is 16.1. The van der Waals surface area contributed by atoms with Gasteiger partial charge in [-0.3, -0.25) is 4.79 Å². The summed E-state index contributed by atoms with van der Waals surface area (Å²) in [5.74, 6) is 1.46. The van der Waals surface area contributed by atoms with Crippen LogP contribution in [0.5, 0.6) is 5.75 Å². The number of hydrogen-bond acceptors (Lipinski definition) is 5. The monoisotopic (exact) mass is 404 g/mol. The highest BCUT2D eigenvalue weighted by atomic mass is 32.1. The van der Waals surface area contributed by atoms with Crippen LogP contribution >= 0.6 is 11.3 Å². The summed E-state index contributed by atoms with van der Waals surface area (Å²) in [6, 6.07) is 15.9. The molecule has 1 aliphatic rings. The van der Waals surface area contributed by atoms with Crippen molar-refractivity contribution < 1.29 is 9.53 Å². The minimum atomic E-state index is -0.0463. The fourth-order valence-electron chi connectivity index (χ4n) is 3.66. The summed E-state index contributed by atoms with van der Waals surface area (Å²) >= 11 is 1.56. The maximum Gasteiger partial charge on any atom is 0.226 e. The third kappa shape index (κ3) is 3.27. The highest BCUT2D eigenvalue weighted by Gasteiger charge is 2.31. The molecule has 146 valence electrons. The van der Waals surface area contributed by atoms with E-state index < -0.39 is 0 Å². The van der Waals surface area contributed by atoms with Gasteiger partial charge in [-0.15, -0.1) is 0 Å². The number of rotatable bonds is 4. The van der Waals surface area contributed by atoms with Crippen molar-refractivity contribution in [2.75, 3.05) is 5.32 Å². The van der Waals surface area contributed by atoms with Crippen LogP contribution in [0.4, 0.5) is 5.82 Å². The van der Waals surface area contributed by atoms with Gasteiger partial charge in [-0.05, 0) is 43.7 Å². The Kier molecular flexibility index (Phi) is 4.32. The van der Waals surface area contributed by atoms with E-state index in [-0.39, 0.29) is 17.9 Å². The number of benzene rings is 2. The SMILES string of the molecule is CC(C)Oc1ccc([C@@H]2CC(=O)Nc3c2cnn3-c2nc3ccccc3s2)cc1. The fourth-order valence-corrected chi connectivity index (χ4v) is 4.59. The number of thiazole rings is 1. The third-order valence-electron chi connectivity index (χ3n) is 4.94. The molecule has 2 aromatic carbocycles. The number of aromatic nitrogens is 3. The molecule has 4 aromatic rings. The Balaban J connectivity index is 1.53. The Hall–Kier alpha value is -3.19. The Morgan fingerprint density at radius 3 is 2.72 bits per heavy atom. The summed E-state index contributed by atoms with van der Waals surface area (Å²) in [7, 11) is 0. The number of carbonyl (C=O) groups is 1. The van der Waals surface area contributed by atoms with Crippen LogP contribution in [0.15, 0.2) is 54.7 Å². The molecule has 0 spiro atoms. The topological polar surface area (TPSA) is 69.0 Å². The Morgan fingerprint density at radius 2 is 1.97 bits per heavy atom. The van der Waals surface area contributed by atoms with Crippen molar-refractivity contribution in [3.05, 3.63) is 65.9 Å². The molecule has 0 bridgehead atoms.